The molecule has 0 radical (unpaired) electrons. The lowest BCUT2D eigenvalue weighted by molar-refractivity contribution is 0.0945. The summed E-state index contributed by atoms with van der Waals surface area (Å²) in [5.41, 5.74) is 7.62. The normalized spacial score (nSPS) is 13.3. The number of H-pyrrole nitrogens is 1. The van der Waals surface area contributed by atoms with Gasteiger partial charge in [0.2, 0.25) is 0 Å². The predicted molar refractivity (Wildman–Crippen MR) is 138 cm³/mol. The first kappa shape index (κ1) is 23.5. The van der Waals surface area contributed by atoms with Crippen molar-refractivity contribution >= 4 is 17.5 Å². The van der Waals surface area contributed by atoms with E-state index in [-0.39, 0.29) is 18.4 Å². The first-order valence-electron chi connectivity index (χ1n) is 11.9. The van der Waals surface area contributed by atoms with Crippen LogP contribution in [0.1, 0.15) is 43.2 Å². The lowest BCUT2D eigenvalue weighted by atomic mass is 9.99. The molecule has 0 bridgehead atoms. The molecule has 0 saturated carbocycles. The summed E-state index contributed by atoms with van der Waals surface area (Å²) in [6.45, 7) is 4.16. The number of hydrogen-bond acceptors (Lipinski definition) is 5. The van der Waals surface area contributed by atoms with Gasteiger partial charge in [-0.1, -0.05) is 18.2 Å². The van der Waals surface area contributed by atoms with Crippen molar-refractivity contribution in [1.82, 2.24) is 30.2 Å². The molecule has 4 aromatic rings. The summed E-state index contributed by atoms with van der Waals surface area (Å²) < 4.78 is 1.77. The molecule has 184 valence electrons. The van der Waals surface area contributed by atoms with Gasteiger partial charge >= 0.3 is 0 Å². The number of carbonyl (C=O) groups excluding carboxylic acids is 2. The molecule has 0 spiro atoms. The molecule has 1 aliphatic heterocycles. The Hall–Kier alpha value is -4.24. The zero-order chi connectivity index (χ0) is 25.2. The zero-order valence-electron chi connectivity index (χ0n) is 20.6. The SMILES string of the molecule is Cc1c(-c2cc(C(=O)NCc3cccc(C(=O)Nc4ccc5c(c4)CN(C)CC5)c3)n[nH]2)cnn1C. The lowest BCUT2D eigenvalue weighted by Gasteiger charge is -2.25. The van der Waals surface area contributed by atoms with Crippen molar-refractivity contribution in [3.8, 4) is 11.3 Å². The van der Waals surface area contributed by atoms with Gasteiger partial charge in [-0.25, -0.2) is 0 Å². The van der Waals surface area contributed by atoms with Gasteiger partial charge in [-0.15, -0.1) is 0 Å². The van der Waals surface area contributed by atoms with Crippen LogP contribution in [0.25, 0.3) is 11.3 Å². The van der Waals surface area contributed by atoms with Crippen molar-refractivity contribution in [3.63, 3.8) is 0 Å². The quantitative estimate of drug-likeness (QED) is 0.390. The highest BCUT2D eigenvalue weighted by Crippen LogP contribution is 2.23. The molecular weight excluding hydrogens is 454 g/mol. The van der Waals surface area contributed by atoms with E-state index in [1.165, 1.54) is 11.1 Å². The second-order valence-electron chi connectivity index (χ2n) is 9.24. The van der Waals surface area contributed by atoms with Crippen LogP contribution < -0.4 is 10.6 Å². The van der Waals surface area contributed by atoms with Gasteiger partial charge in [0.05, 0.1) is 11.9 Å². The van der Waals surface area contributed by atoms with Crippen LogP contribution in [0.3, 0.4) is 0 Å². The minimum absolute atomic E-state index is 0.184. The van der Waals surface area contributed by atoms with E-state index in [0.29, 0.717) is 11.3 Å². The van der Waals surface area contributed by atoms with Crippen molar-refractivity contribution in [2.75, 3.05) is 18.9 Å². The number of nitrogens with one attached hydrogen (secondary N) is 3. The molecule has 0 atom stereocenters. The Balaban J connectivity index is 1.21. The Morgan fingerprint density at radius 3 is 2.72 bits per heavy atom. The number of carbonyl (C=O) groups is 2. The van der Waals surface area contributed by atoms with Crippen LogP contribution >= 0.6 is 0 Å². The van der Waals surface area contributed by atoms with Crippen LogP contribution in [0.5, 0.6) is 0 Å². The number of anilines is 1. The maximum Gasteiger partial charge on any atom is 0.272 e. The summed E-state index contributed by atoms with van der Waals surface area (Å²) in [4.78, 5) is 27.8. The highest BCUT2D eigenvalue weighted by Gasteiger charge is 2.16. The molecule has 36 heavy (non-hydrogen) atoms. The summed E-state index contributed by atoms with van der Waals surface area (Å²) in [6.07, 6.45) is 2.76. The molecule has 0 fully saturated rings. The Bertz CT molecular complexity index is 1440. The summed E-state index contributed by atoms with van der Waals surface area (Å²) in [5.74, 6) is -0.482. The van der Waals surface area contributed by atoms with E-state index in [1.807, 2.05) is 32.2 Å². The number of aryl methyl sites for hydroxylation is 1. The molecule has 2 amide bonds. The number of fused-ring (bicyclic) bond motifs is 1. The molecular formula is C27H29N7O2. The second kappa shape index (κ2) is 9.79. The van der Waals surface area contributed by atoms with E-state index in [1.54, 1.807) is 29.1 Å². The van der Waals surface area contributed by atoms with Crippen LogP contribution in [-0.4, -0.2) is 50.3 Å². The average molecular weight is 484 g/mol. The Labute approximate surface area is 209 Å². The van der Waals surface area contributed by atoms with E-state index < -0.39 is 0 Å². The van der Waals surface area contributed by atoms with Gasteiger partial charge in [-0.05, 0) is 67.4 Å². The van der Waals surface area contributed by atoms with E-state index >= 15 is 0 Å². The van der Waals surface area contributed by atoms with Gasteiger partial charge in [0.1, 0.15) is 0 Å². The molecule has 3 N–H and O–H groups in total. The molecule has 9 heteroatoms. The standard InChI is InChI=1S/C27H29N7O2/c1-17-23(15-29-34(17)3)24-13-25(32-31-24)27(36)28-14-18-5-4-6-20(11-18)26(35)30-22-8-7-19-9-10-33(2)16-21(19)12-22/h4-8,11-13,15H,9-10,14,16H2,1-3H3,(H,28,36)(H,30,35)(H,31,32). The van der Waals surface area contributed by atoms with Gasteiger partial charge < -0.3 is 15.5 Å². The maximum absolute atomic E-state index is 12.9. The van der Waals surface area contributed by atoms with Crippen molar-refractivity contribution in [1.29, 1.82) is 0 Å². The third kappa shape index (κ3) is 4.92. The lowest BCUT2D eigenvalue weighted by Crippen LogP contribution is -2.26. The first-order valence-corrected chi connectivity index (χ1v) is 11.9. The van der Waals surface area contributed by atoms with Crippen LogP contribution in [0.2, 0.25) is 0 Å². The Kier molecular flexibility index (Phi) is 6.39. The molecule has 0 aliphatic carbocycles. The van der Waals surface area contributed by atoms with Crippen molar-refractivity contribution in [3.05, 3.63) is 88.4 Å². The van der Waals surface area contributed by atoms with E-state index in [0.717, 1.165) is 47.7 Å². The van der Waals surface area contributed by atoms with E-state index in [9.17, 15) is 9.59 Å². The molecule has 9 nitrogen and oxygen atoms in total. The van der Waals surface area contributed by atoms with E-state index in [4.69, 9.17) is 0 Å². The van der Waals surface area contributed by atoms with Gasteiger partial charge in [0.15, 0.2) is 5.69 Å². The summed E-state index contributed by atoms with van der Waals surface area (Å²) in [7, 11) is 3.97. The van der Waals surface area contributed by atoms with Crippen LogP contribution in [0.15, 0.2) is 54.7 Å². The fraction of sp³-hybridized carbons (Fsp3) is 0.259. The number of aromatic amines is 1. The number of amides is 2. The predicted octanol–water partition coefficient (Wildman–Crippen LogP) is 3.29. The van der Waals surface area contributed by atoms with Crippen molar-refractivity contribution in [2.45, 2.75) is 26.4 Å². The second-order valence-corrected chi connectivity index (χ2v) is 9.24. The van der Waals surface area contributed by atoms with Crippen LogP contribution in [0.4, 0.5) is 5.69 Å². The van der Waals surface area contributed by atoms with Gasteiger partial charge in [0.25, 0.3) is 11.8 Å². The largest absolute Gasteiger partial charge is 0.347 e. The summed E-state index contributed by atoms with van der Waals surface area (Å²) in [6, 6.07) is 15.1. The molecule has 5 rings (SSSR count). The number of benzene rings is 2. The highest BCUT2D eigenvalue weighted by atomic mass is 16.2. The summed E-state index contributed by atoms with van der Waals surface area (Å²) in [5, 5.41) is 17.1. The third-order valence-corrected chi connectivity index (χ3v) is 6.65. The number of nitrogens with zero attached hydrogens (tertiary/aromatic N) is 4. The molecule has 1 aliphatic rings. The van der Waals surface area contributed by atoms with Crippen LogP contribution in [0, 0.1) is 6.92 Å². The fourth-order valence-corrected chi connectivity index (χ4v) is 4.41. The zero-order valence-corrected chi connectivity index (χ0v) is 20.6. The first-order chi connectivity index (χ1) is 17.4. The molecule has 2 aromatic heterocycles. The number of aromatic nitrogens is 4. The molecule has 0 unspecified atom stereocenters. The molecule has 0 saturated heterocycles. The maximum atomic E-state index is 12.9. The number of likely N-dealkylation sites (N-methyl/N-ethyl adjacent to an activating group) is 1. The minimum Gasteiger partial charge on any atom is -0.347 e. The van der Waals surface area contributed by atoms with E-state index in [2.05, 4.69) is 50.0 Å². The van der Waals surface area contributed by atoms with Gasteiger partial charge in [-0.3, -0.25) is 19.4 Å². The average Bonchev–Trinajstić information content (AvgIpc) is 3.49. The highest BCUT2D eigenvalue weighted by molar-refractivity contribution is 6.04. The smallest absolute Gasteiger partial charge is 0.272 e. The van der Waals surface area contributed by atoms with Gasteiger partial charge in [-0.2, -0.15) is 10.2 Å². The monoisotopic (exact) mass is 483 g/mol. The summed E-state index contributed by atoms with van der Waals surface area (Å²) >= 11 is 0. The van der Waals surface area contributed by atoms with Crippen LogP contribution in [-0.2, 0) is 26.6 Å². The topological polar surface area (TPSA) is 108 Å². The molecule has 2 aromatic carbocycles. The Morgan fingerprint density at radius 2 is 1.92 bits per heavy atom. The number of rotatable bonds is 6. The van der Waals surface area contributed by atoms with Crippen molar-refractivity contribution in [2.24, 2.45) is 7.05 Å². The minimum atomic E-state index is -0.298. The number of hydrogen-bond donors (Lipinski definition) is 3. The van der Waals surface area contributed by atoms with Gasteiger partial charge in [0, 0.05) is 49.2 Å². The third-order valence-electron chi connectivity index (χ3n) is 6.65. The fourth-order valence-electron chi connectivity index (χ4n) is 4.41. The Morgan fingerprint density at radius 1 is 1.06 bits per heavy atom. The van der Waals surface area contributed by atoms with Crippen molar-refractivity contribution < 1.29 is 9.59 Å². The molecule has 3 heterocycles.